The van der Waals surface area contributed by atoms with Gasteiger partial charge in [0.25, 0.3) is 12.1 Å². The predicted octanol–water partition coefficient (Wildman–Crippen LogP) is 3.89. The lowest BCUT2D eigenvalue weighted by molar-refractivity contribution is -0.203. The molecule has 1 atom stereocenters. The predicted molar refractivity (Wildman–Crippen MR) is 97.8 cm³/mol. The van der Waals surface area contributed by atoms with E-state index in [-0.39, 0.29) is 10.3 Å². The number of nitrogens with one attached hydrogen (secondary N) is 2. The fourth-order valence-electron chi connectivity index (χ4n) is 1.98. The molecule has 1 aromatic carbocycles. The van der Waals surface area contributed by atoms with Crippen molar-refractivity contribution in [2.24, 2.45) is 0 Å². The van der Waals surface area contributed by atoms with Crippen LogP contribution in [0.1, 0.15) is 0 Å². The van der Waals surface area contributed by atoms with E-state index in [0.29, 0.717) is 11.3 Å². The summed E-state index contributed by atoms with van der Waals surface area (Å²) in [5.74, 6) is -4.06. The van der Waals surface area contributed by atoms with Crippen LogP contribution in [-0.4, -0.2) is 34.2 Å². The molecule has 0 aliphatic heterocycles. The number of nitrogens with zero attached hydrogens (tertiary/aromatic N) is 2. The minimum atomic E-state index is -5.29. The van der Waals surface area contributed by atoms with Crippen molar-refractivity contribution in [3.8, 4) is 11.3 Å². The molecule has 29 heavy (non-hydrogen) atoms. The van der Waals surface area contributed by atoms with E-state index in [1.807, 2.05) is 0 Å². The molecule has 3 aromatic rings. The number of benzene rings is 1. The summed E-state index contributed by atoms with van der Waals surface area (Å²) in [6.07, 6.45) is -5.93. The molecule has 3 rings (SSSR count). The Morgan fingerprint density at radius 1 is 1.10 bits per heavy atom. The molecule has 2 aromatic heterocycles. The Morgan fingerprint density at radius 3 is 2.45 bits per heavy atom. The topological polar surface area (TPSA) is 93.2 Å². The van der Waals surface area contributed by atoms with Crippen LogP contribution in [0.15, 0.2) is 41.2 Å². The van der Waals surface area contributed by atoms with E-state index in [9.17, 15) is 27.2 Å². The number of esters is 1. The molecule has 1 unspecified atom stereocenters. The first kappa shape index (κ1) is 20.7. The van der Waals surface area contributed by atoms with Crippen molar-refractivity contribution in [3.05, 3.63) is 47.0 Å². The zero-order valence-electron chi connectivity index (χ0n) is 14.1. The van der Waals surface area contributed by atoms with E-state index in [1.54, 1.807) is 0 Å². The number of hydrogen-bond donors (Lipinski definition) is 2. The van der Waals surface area contributed by atoms with Crippen LogP contribution < -0.4 is 10.6 Å². The third-order valence-electron chi connectivity index (χ3n) is 3.26. The number of alkyl halides is 3. The van der Waals surface area contributed by atoms with Crippen molar-refractivity contribution >= 4 is 44.8 Å². The molecule has 2 heterocycles. The van der Waals surface area contributed by atoms with E-state index in [2.05, 4.69) is 25.3 Å². The summed E-state index contributed by atoms with van der Waals surface area (Å²) in [4.78, 5) is 31.4. The highest BCUT2D eigenvalue weighted by Crippen LogP contribution is 2.26. The van der Waals surface area contributed by atoms with E-state index in [1.165, 1.54) is 41.2 Å². The highest BCUT2D eigenvalue weighted by Gasteiger charge is 2.43. The lowest BCUT2D eigenvalue weighted by Gasteiger charge is -2.18. The lowest BCUT2D eigenvalue weighted by atomic mass is 10.2. The number of anilines is 2. The van der Waals surface area contributed by atoms with Gasteiger partial charge in [-0.2, -0.15) is 13.2 Å². The largest absolute Gasteiger partial charge is 0.491 e. The van der Waals surface area contributed by atoms with Crippen molar-refractivity contribution in [2.45, 2.75) is 12.4 Å². The maximum atomic E-state index is 13.0. The second kappa shape index (κ2) is 8.53. The highest BCUT2D eigenvalue weighted by molar-refractivity contribution is 7.14. The van der Waals surface area contributed by atoms with Gasteiger partial charge in [0.1, 0.15) is 5.82 Å². The van der Waals surface area contributed by atoms with E-state index >= 15 is 0 Å². The first-order valence-electron chi connectivity index (χ1n) is 7.68. The average Bonchev–Trinajstić information content (AvgIpc) is 3.33. The third-order valence-corrected chi connectivity index (χ3v) is 4.72. The molecule has 0 radical (unpaired) electrons. The van der Waals surface area contributed by atoms with Gasteiger partial charge in [-0.1, -0.05) is 0 Å². The fourth-order valence-corrected chi connectivity index (χ4v) is 3.25. The monoisotopic (exact) mass is 446 g/mol. The Morgan fingerprint density at radius 2 is 1.83 bits per heavy atom. The Hall–Kier alpha value is -3.06. The normalized spacial score (nSPS) is 12.3. The van der Waals surface area contributed by atoms with Gasteiger partial charge in [-0.3, -0.25) is 10.1 Å². The molecule has 0 spiro atoms. The number of carbonyl (C=O) groups is 2. The van der Waals surface area contributed by atoms with Crippen molar-refractivity contribution in [3.63, 3.8) is 0 Å². The first-order valence-corrected chi connectivity index (χ1v) is 9.44. The van der Waals surface area contributed by atoms with Gasteiger partial charge in [-0.15, -0.1) is 22.7 Å². The van der Waals surface area contributed by atoms with Crippen LogP contribution in [-0.2, 0) is 14.3 Å². The third kappa shape index (κ3) is 5.48. The minimum Gasteiger partial charge on any atom is -0.425 e. The SMILES string of the molecule is O=C(Nc1nccs1)C(Nc1nc(-c2ccc(F)cc2)cs1)OC(=O)C(F)(F)F. The Kier molecular flexibility index (Phi) is 6.08. The fraction of sp³-hybridized carbons (Fsp3) is 0.125. The molecule has 0 saturated carbocycles. The van der Waals surface area contributed by atoms with Crippen LogP contribution in [0.4, 0.5) is 27.8 Å². The van der Waals surface area contributed by atoms with Gasteiger partial charge in [-0.25, -0.2) is 19.2 Å². The van der Waals surface area contributed by atoms with Gasteiger partial charge in [0.05, 0.1) is 5.69 Å². The average molecular weight is 446 g/mol. The smallest absolute Gasteiger partial charge is 0.425 e. The molecule has 1 amide bonds. The number of rotatable bonds is 6. The van der Waals surface area contributed by atoms with Crippen LogP contribution in [0, 0.1) is 5.82 Å². The molecular formula is C16H10F4N4O3S2. The Labute approximate surface area is 168 Å². The summed E-state index contributed by atoms with van der Waals surface area (Å²) in [6.45, 7) is 0. The van der Waals surface area contributed by atoms with Crippen molar-refractivity contribution < 1.29 is 31.9 Å². The molecule has 0 aliphatic rings. The Balaban J connectivity index is 1.77. The van der Waals surface area contributed by atoms with Gasteiger partial charge >= 0.3 is 12.1 Å². The summed E-state index contributed by atoms with van der Waals surface area (Å²) >= 11 is 1.98. The summed E-state index contributed by atoms with van der Waals surface area (Å²) in [7, 11) is 0. The number of aromatic nitrogens is 2. The second-order valence-electron chi connectivity index (χ2n) is 5.30. The first-order chi connectivity index (χ1) is 13.7. The quantitative estimate of drug-likeness (QED) is 0.339. The molecular weight excluding hydrogens is 436 g/mol. The van der Waals surface area contributed by atoms with Gasteiger partial charge in [0.2, 0.25) is 0 Å². The van der Waals surface area contributed by atoms with Crippen molar-refractivity contribution in [1.82, 2.24) is 9.97 Å². The van der Waals surface area contributed by atoms with Crippen LogP contribution >= 0.6 is 22.7 Å². The molecule has 0 saturated heterocycles. The standard InChI is InChI=1S/C16H10F4N4O3S2/c17-9-3-1-8(2-4-9)10-7-29-15(22-10)24-12(27-13(26)16(18,19)20)11(25)23-14-21-5-6-28-14/h1-7,12H,(H,22,24)(H,21,23,25). The zero-order chi connectivity index (χ0) is 21.0. The van der Waals surface area contributed by atoms with Crippen molar-refractivity contribution in [1.29, 1.82) is 0 Å². The molecule has 0 fully saturated rings. The zero-order valence-corrected chi connectivity index (χ0v) is 15.7. The maximum absolute atomic E-state index is 13.0. The van der Waals surface area contributed by atoms with Crippen LogP contribution in [0.5, 0.6) is 0 Å². The number of ether oxygens (including phenoxy) is 1. The summed E-state index contributed by atoms with van der Waals surface area (Å²) in [5.41, 5.74) is 0.936. The highest BCUT2D eigenvalue weighted by atomic mass is 32.1. The van der Waals surface area contributed by atoms with Crippen LogP contribution in [0.3, 0.4) is 0 Å². The molecule has 0 aliphatic carbocycles. The van der Waals surface area contributed by atoms with E-state index in [4.69, 9.17) is 0 Å². The van der Waals surface area contributed by atoms with Crippen LogP contribution in [0.25, 0.3) is 11.3 Å². The van der Waals surface area contributed by atoms with Gasteiger partial charge in [0.15, 0.2) is 10.3 Å². The lowest BCUT2D eigenvalue weighted by Crippen LogP contribution is -2.42. The molecule has 0 bridgehead atoms. The number of amides is 1. The van der Waals surface area contributed by atoms with E-state index in [0.717, 1.165) is 22.7 Å². The summed E-state index contributed by atoms with van der Waals surface area (Å²) < 4.78 is 55.0. The molecule has 13 heteroatoms. The minimum absolute atomic E-state index is 0.0126. The summed E-state index contributed by atoms with van der Waals surface area (Å²) in [6, 6.07) is 5.36. The number of thiazole rings is 2. The Bertz CT molecular complexity index is 991. The molecule has 2 N–H and O–H groups in total. The summed E-state index contributed by atoms with van der Waals surface area (Å²) in [5, 5.41) is 7.79. The van der Waals surface area contributed by atoms with Gasteiger partial charge in [-0.05, 0) is 24.3 Å². The number of carbonyl (C=O) groups excluding carboxylic acids is 2. The van der Waals surface area contributed by atoms with Gasteiger partial charge in [0, 0.05) is 22.5 Å². The molecule has 152 valence electrons. The van der Waals surface area contributed by atoms with Crippen molar-refractivity contribution in [2.75, 3.05) is 10.6 Å². The van der Waals surface area contributed by atoms with Gasteiger partial charge < -0.3 is 10.1 Å². The maximum Gasteiger partial charge on any atom is 0.491 e. The number of halogens is 4. The van der Waals surface area contributed by atoms with E-state index < -0.39 is 30.1 Å². The number of hydrogen-bond acceptors (Lipinski definition) is 8. The van der Waals surface area contributed by atoms with Crippen LogP contribution in [0.2, 0.25) is 0 Å². The molecule has 7 nitrogen and oxygen atoms in total. The second-order valence-corrected chi connectivity index (χ2v) is 7.05.